The lowest BCUT2D eigenvalue weighted by Crippen LogP contribution is -2.26. The first-order chi connectivity index (χ1) is 10.0. The van der Waals surface area contributed by atoms with Gasteiger partial charge in [-0.05, 0) is 24.6 Å². The van der Waals surface area contributed by atoms with E-state index < -0.39 is 0 Å². The second-order valence-electron chi connectivity index (χ2n) is 4.83. The quantitative estimate of drug-likeness (QED) is 0.939. The molecule has 2 aromatic rings. The standard InChI is InChI=1S/C15H16N4OS/c1-10(17)14-18-13(9-21-14)15(20)19(2)8-12-5-3-11(7-16)4-6-12/h3-6,9-10H,8,17H2,1-2H3. The Kier molecular flexibility index (Phi) is 4.68. The van der Waals surface area contributed by atoms with Gasteiger partial charge in [-0.2, -0.15) is 5.26 Å². The minimum absolute atomic E-state index is 0.137. The summed E-state index contributed by atoms with van der Waals surface area (Å²) < 4.78 is 0. The molecule has 108 valence electrons. The van der Waals surface area contributed by atoms with Crippen molar-refractivity contribution in [2.24, 2.45) is 5.73 Å². The highest BCUT2D eigenvalue weighted by molar-refractivity contribution is 7.09. The Morgan fingerprint density at radius 2 is 2.14 bits per heavy atom. The Hall–Kier alpha value is -2.23. The van der Waals surface area contributed by atoms with E-state index in [0.29, 0.717) is 17.8 Å². The summed E-state index contributed by atoms with van der Waals surface area (Å²) in [4.78, 5) is 18.1. The zero-order valence-electron chi connectivity index (χ0n) is 11.9. The van der Waals surface area contributed by atoms with Crippen molar-refractivity contribution in [3.63, 3.8) is 0 Å². The molecular formula is C15H16N4OS. The first kappa shape index (κ1) is 15.2. The number of rotatable bonds is 4. The van der Waals surface area contributed by atoms with Crippen LogP contribution >= 0.6 is 11.3 Å². The average molecular weight is 300 g/mol. The van der Waals surface area contributed by atoms with E-state index in [9.17, 15) is 4.79 Å². The predicted octanol–water partition coefficient (Wildman–Crippen LogP) is 2.31. The van der Waals surface area contributed by atoms with E-state index in [1.165, 1.54) is 11.3 Å². The fraction of sp³-hybridized carbons (Fsp3) is 0.267. The number of hydrogen-bond acceptors (Lipinski definition) is 5. The molecule has 1 heterocycles. The highest BCUT2D eigenvalue weighted by Crippen LogP contribution is 2.17. The van der Waals surface area contributed by atoms with Crippen molar-refractivity contribution < 1.29 is 4.79 Å². The van der Waals surface area contributed by atoms with E-state index >= 15 is 0 Å². The van der Waals surface area contributed by atoms with Gasteiger partial charge in [0.25, 0.3) is 5.91 Å². The van der Waals surface area contributed by atoms with Crippen molar-refractivity contribution in [1.29, 1.82) is 5.26 Å². The molecule has 2 rings (SSSR count). The van der Waals surface area contributed by atoms with E-state index in [1.807, 2.05) is 19.1 Å². The maximum Gasteiger partial charge on any atom is 0.273 e. The highest BCUT2D eigenvalue weighted by Gasteiger charge is 2.16. The molecule has 1 atom stereocenters. The zero-order valence-corrected chi connectivity index (χ0v) is 12.7. The van der Waals surface area contributed by atoms with Crippen molar-refractivity contribution in [3.05, 3.63) is 51.5 Å². The minimum Gasteiger partial charge on any atom is -0.336 e. The SMILES string of the molecule is CC(N)c1nc(C(=O)N(C)Cc2ccc(C#N)cc2)cs1. The van der Waals surface area contributed by atoms with Crippen molar-refractivity contribution in [2.75, 3.05) is 7.05 Å². The minimum atomic E-state index is -0.166. The monoisotopic (exact) mass is 300 g/mol. The first-order valence-corrected chi connectivity index (χ1v) is 7.34. The number of nitrogens with two attached hydrogens (primary N) is 1. The van der Waals surface area contributed by atoms with Gasteiger partial charge >= 0.3 is 0 Å². The zero-order chi connectivity index (χ0) is 15.4. The third kappa shape index (κ3) is 3.66. The number of carbonyl (C=O) groups is 1. The lowest BCUT2D eigenvalue weighted by atomic mass is 10.1. The van der Waals surface area contributed by atoms with Gasteiger partial charge in [-0.1, -0.05) is 12.1 Å². The van der Waals surface area contributed by atoms with E-state index in [2.05, 4.69) is 11.1 Å². The number of nitriles is 1. The van der Waals surface area contributed by atoms with Gasteiger partial charge in [0, 0.05) is 19.0 Å². The van der Waals surface area contributed by atoms with Crippen LogP contribution in [-0.2, 0) is 6.54 Å². The second kappa shape index (κ2) is 6.48. The van der Waals surface area contributed by atoms with Crippen LogP contribution in [0, 0.1) is 11.3 Å². The lowest BCUT2D eigenvalue weighted by molar-refractivity contribution is 0.0780. The van der Waals surface area contributed by atoms with Crippen LogP contribution in [0.15, 0.2) is 29.6 Å². The molecule has 0 spiro atoms. The molecule has 5 nitrogen and oxygen atoms in total. The Morgan fingerprint density at radius 1 is 1.48 bits per heavy atom. The van der Waals surface area contributed by atoms with Gasteiger partial charge in [0.1, 0.15) is 10.7 Å². The van der Waals surface area contributed by atoms with Crippen LogP contribution in [0.1, 0.15) is 39.6 Å². The number of nitrogens with zero attached hydrogens (tertiary/aromatic N) is 3. The maximum absolute atomic E-state index is 12.3. The largest absolute Gasteiger partial charge is 0.336 e. The molecule has 6 heteroatoms. The van der Waals surface area contributed by atoms with Crippen molar-refractivity contribution in [3.8, 4) is 6.07 Å². The molecule has 0 radical (unpaired) electrons. The number of thiazole rings is 1. The summed E-state index contributed by atoms with van der Waals surface area (Å²) in [5.41, 5.74) is 7.74. The van der Waals surface area contributed by atoms with Crippen LogP contribution < -0.4 is 5.73 Å². The summed E-state index contributed by atoms with van der Waals surface area (Å²) in [6.45, 7) is 2.31. The topological polar surface area (TPSA) is 83.0 Å². The van der Waals surface area contributed by atoms with E-state index in [-0.39, 0.29) is 11.9 Å². The van der Waals surface area contributed by atoms with Gasteiger partial charge in [-0.3, -0.25) is 4.79 Å². The highest BCUT2D eigenvalue weighted by atomic mass is 32.1. The van der Waals surface area contributed by atoms with E-state index in [4.69, 9.17) is 11.0 Å². The fourth-order valence-electron chi connectivity index (χ4n) is 1.82. The van der Waals surface area contributed by atoms with Gasteiger partial charge in [0.15, 0.2) is 0 Å². The van der Waals surface area contributed by atoms with Crippen LogP contribution in [0.5, 0.6) is 0 Å². The third-order valence-electron chi connectivity index (χ3n) is 2.98. The number of benzene rings is 1. The number of carbonyl (C=O) groups excluding carboxylic acids is 1. The molecule has 2 N–H and O–H groups in total. The molecule has 1 amide bonds. The fourth-order valence-corrected chi connectivity index (χ4v) is 2.57. The van der Waals surface area contributed by atoms with Crippen LogP contribution in [0.25, 0.3) is 0 Å². The summed E-state index contributed by atoms with van der Waals surface area (Å²) in [6.07, 6.45) is 0. The average Bonchev–Trinajstić information content (AvgIpc) is 2.97. The molecule has 0 saturated carbocycles. The molecule has 0 saturated heterocycles. The summed E-state index contributed by atoms with van der Waals surface area (Å²) in [5, 5.41) is 11.2. The smallest absolute Gasteiger partial charge is 0.273 e. The second-order valence-corrected chi connectivity index (χ2v) is 5.72. The summed E-state index contributed by atoms with van der Waals surface area (Å²) in [7, 11) is 1.73. The van der Waals surface area contributed by atoms with Crippen molar-refractivity contribution in [1.82, 2.24) is 9.88 Å². The summed E-state index contributed by atoms with van der Waals surface area (Å²) in [6, 6.07) is 9.07. The van der Waals surface area contributed by atoms with Crippen LogP contribution in [0.2, 0.25) is 0 Å². The van der Waals surface area contributed by atoms with Crippen molar-refractivity contribution in [2.45, 2.75) is 19.5 Å². The molecule has 1 aromatic heterocycles. The van der Waals surface area contributed by atoms with Gasteiger partial charge < -0.3 is 10.6 Å². The van der Waals surface area contributed by atoms with Crippen LogP contribution in [0.4, 0.5) is 0 Å². The van der Waals surface area contributed by atoms with Crippen molar-refractivity contribution >= 4 is 17.2 Å². The normalized spacial score (nSPS) is 11.7. The third-order valence-corrected chi connectivity index (χ3v) is 4.03. The molecule has 1 unspecified atom stereocenters. The number of aromatic nitrogens is 1. The van der Waals surface area contributed by atoms with Crippen LogP contribution in [0.3, 0.4) is 0 Å². The predicted molar refractivity (Wildman–Crippen MR) is 81.7 cm³/mol. The summed E-state index contributed by atoms with van der Waals surface area (Å²) in [5.74, 6) is -0.137. The molecule has 0 bridgehead atoms. The Balaban J connectivity index is 2.06. The molecule has 0 aliphatic rings. The maximum atomic E-state index is 12.3. The van der Waals surface area contributed by atoms with Gasteiger partial charge in [0.2, 0.25) is 0 Å². The lowest BCUT2D eigenvalue weighted by Gasteiger charge is -2.16. The van der Waals surface area contributed by atoms with Gasteiger partial charge in [-0.15, -0.1) is 11.3 Å². The number of amides is 1. The summed E-state index contributed by atoms with van der Waals surface area (Å²) >= 11 is 1.39. The Labute approximate surface area is 127 Å². The van der Waals surface area contributed by atoms with E-state index in [1.54, 1.807) is 29.5 Å². The molecule has 0 fully saturated rings. The molecule has 1 aromatic carbocycles. The molecule has 0 aliphatic heterocycles. The Bertz CT molecular complexity index is 670. The number of hydrogen-bond donors (Lipinski definition) is 1. The Morgan fingerprint density at radius 3 is 2.67 bits per heavy atom. The molecule has 0 aliphatic carbocycles. The van der Waals surface area contributed by atoms with Crippen LogP contribution in [-0.4, -0.2) is 22.8 Å². The molecular weight excluding hydrogens is 284 g/mol. The van der Waals surface area contributed by atoms with Gasteiger partial charge in [-0.25, -0.2) is 4.98 Å². The van der Waals surface area contributed by atoms with E-state index in [0.717, 1.165) is 10.6 Å². The molecule has 21 heavy (non-hydrogen) atoms. The van der Waals surface area contributed by atoms with Gasteiger partial charge in [0.05, 0.1) is 17.7 Å². The first-order valence-electron chi connectivity index (χ1n) is 6.46.